The second kappa shape index (κ2) is 12.5. The van der Waals surface area contributed by atoms with Gasteiger partial charge in [-0.1, -0.05) is 76.4 Å². The SMILES string of the molecule is Cc1nc([C@@H]2O[C@@H]3COC(c4ccccc4)O[C@@H]3[C@H](n3cc(-c4ccc(Cl)c(Cl)c4)nn3)[C@H]2O)n(-c2cc(Cl)ccc2C(F)(F)F)n1. The van der Waals surface area contributed by atoms with Gasteiger partial charge in [-0.3, -0.25) is 0 Å². The molecule has 2 aliphatic rings. The van der Waals surface area contributed by atoms with Crippen molar-refractivity contribution in [3.8, 4) is 16.9 Å². The number of aryl methyl sites for hydroxylation is 1. The van der Waals surface area contributed by atoms with Crippen molar-refractivity contribution in [2.24, 2.45) is 0 Å². The number of rotatable bonds is 5. The number of ether oxygens (including phenoxy) is 3. The Morgan fingerprint density at radius 1 is 0.957 bits per heavy atom. The number of hydrogen-bond donors (Lipinski definition) is 1. The van der Waals surface area contributed by atoms with Crippen molar-refractivity contribution in [2.45, 2.75) is 49.8 Å². The van der Waals surface area contributed by atoms with Gasteiger partial charge >= 0.3 is 6.18 Å². The van der Waals surface area contributed by atoms with Crippen LogP contribution in [-0.4, -0.2) is 59.8 Å². The summed E-state index contributed by atoms with van der Waals surface area (Å²) in [7, 11) is 0. The number of fused-ring (bicyclic) bond motifs is 1. The first-order valence-electron chi connectivity index (χ1n) is 14.3. The van der Waals surface area contributed by atoms with Gasteiger partial charge in [-0.25, -0.2) is 14.3 Å². The van der Waals surface area contributed by atoms with E-state index >= 15 is 0 Å². The fourth-order valence-electron chi connectivity index (χ4n) is 5.83. The standard InChI is InChI=1S/C31H24Cl3F3N6O4/c1-15-38-29(43(40-15)23-12-18(32)8-9-19(23)31(35,36)37)28-26(44)25(42-13-22(39-41-42)17-7-10-20(33)21(34)11-17)27-24(46-28)14-45-30(47-27)16-5-3-2-4-6-16/h2-13,24-28,30,44H,14H2,1H3/t24-,25-,26-,27+,28-,30?/m1/s1. The first-order chi connectivity index (χ1) is 22.5. The predicted octanol–water partition coefficient (Wildman–Crippen LogP) is 6.97. The number of alkyl halides is 3. The highest BCUT2D eigenvalue weighted by molar-refractivity contribution is 6.42. The van der Waals surface area contributed by atoms with Crippen molar-refractivity contribution in [1.82, 2.24) is 29.8 Å². The van der Waals surface area contributed by atoms with Crippen molar-refractivity contribution < 1.29 is 32.5 Å². The summed E-state index contributed by atoms with van der Waals surface area (Å²) in [6.45, 7) is 1.54. The van der Waals surface area contributed by atoms with Crippen molar-refractivity contribution in [3.63, 3.8) is 0 Å². The molecule has 244 valence electrons. The van der Waals surface area contributed by atoms with Crippen molar-refractivity contribution in [1.29, 1.82) is 0 Å². The van der Waals surface area contributed by atoms with Gasteiger partial charge in [0.2, 0.25) is 0 Å². The highest BCUT2D eigenvalue weighted by Crippen LogP contribution is 2.45. The molecule has 0 aliphatic carbocycles. The highest BCUT2D eigenvalue weighted by Gasteiger charge is 2.53. The lowest BCUT2D eigenvalue weighted by Crippen LogP contribution is -2.57. The highest BCUT2D eigenvalue weighted by atomic mass is 35.5. The monoisotopic (exact) mass is 706 g/mol. The molecule has 2 saturated heterocycles. The Morgan fingerprint density at radius 2 is 1.74 bits per heavy atom. The van der Waals surface area contributed by atoms with Crippen LogP contribution in [0.4, 0.5) is 13.2 Å². The molecule has 3 aromatic carbocycles. The summed E-state index contributed by atoms with van der Waals surface area (Å²) in [5.41, 5.74) is 0.414. The number of benzene rings is 3. The molecule has 4 heterocycles. The van der Waals surface area contributed by atoms with E-state index in [4.69, 9.17) is 49.0 Å². The third-order valence-corrected chi connectivity index (χ3v) is 8.94. The molecule has 5 aromatic rings. The predicted molar refractivity (Wildman–Crippen MR) is 164 cm³/mol. The van der Waals surface area contributed by atoms with Gasteiger partial charge in [0, 0.05) is 16.1 Å². The molecule has 0 saturated carbocycles. The van der Waals surface area contributed by atoms with Crippen LogP contribution in [0, 0.1) is 6.92 Å². The van der Waals surface area contributed by atoms with Crippen molar-refractivity contribution in [3.05, 3.63) is 111 Å². The fourth-order valence-corrected chi connectivity index (χ4v) is 6.30. The molecule has 16 heteroatoms. The number of halogens is 6. The molecule has 1 N–H and O–H groups in total. The molecule has 2 aliphatic heterocycles. The van der Waals surface area contributed by atoms with Gasteiger partial charge in [0.15, 0.2) is 12.1 Å². The number of nitrogens with zero attached hydrogens (tertiary/aromatic N) is 6. The molecule has 0 spiro atoms. The minimum Gasteiger partial charge on any atom is -0.388 e. The number of hydrogen-bond acceptors (Lipinski definition) is 8. The van der Waals surface area contributed by atoms with Crippen LogP contribution in [0.3, 0.4) is 0 Å². The summed E-state index contributed by atoms with van der Waals surface area (Å²) >= 11 is 18.5. The van der Waals surface area contributed by atoms with E-state index in [1.165, 1.54) is 11.6 Å². The maximum absolute atomic E-state index is 14.1. The van der Waals surface area contributed by atoms with Crippen LogP contribution in [0.2, 0.25) is 15.1 Å². The number of aliphatic hydroxyl groups excluding tert-OH is 1. The summed E-state index contributed by atoms with van der Waals surface area (Å²) in [4.78, 5) is 4.42. The second-order valence-electron chi connectivity index (χ2n) is 11.1. The summed E-state index contributed by atoms with van der Waals surface area (Å²) in [5.74, 6) is 0.0618. The van der Waals surface area contributed by atoms with Gasteiger partial charge in [-0.15, -0.1) is 5.10 Å². The summed E-state index contributed by atoms with van der Waals surface area (Å²) in [6.07, 6.45) is -8.34. The van der Waals surface area contributed by atoms with Gasteiger partial charge < -0.3 is 19.3 Å². The maximum Gasteiger partial charge on any atom is 0.418 e. The van der Waals surface area contributed by atoms with Gasteiger partial charge in [0.1, 0.15) is 42.0 Å². The molecule has 2 fully saturated rings. The number of aliphatic hydroxyl groups is 1. The zero-order chi connectivity index (χ0) is 33.0. The Bertz CT molecular complexity index is 1920. The minimum absolute atomic E-state index is 0.0242. The minimum atomic E-state index is -4.74. The average Bonchev–Trinajstić information content (AvgIpc) is 3.69. The zero-order valence-corrected chi connectivity index (χ0v) is 26.5. The van der Waals surface area contributed by atoms with E-state index in [0.29, 0.717) is 21.3 Å². The molecule has 0 amide bonds. The summed E-state index contributed by atoms with van der Waals surface area (Å²) < 4.78 is 63.6. The van der Waals surface area contributed by atoms with Crippen LogP contribution in [0.15, 0.2) is 72.9 Å². The Labute approximate surface area is 280 Å². The number of aromatic nitrogens is 6. The summed E-state index contributed by atoms with van der Waals surface area (Å²) in [6, 6.07) is 16.4. The largest absolute Gasteiger partial charge is 0.418 e. The molecule has 0 radical (unpaired) electrons. The normalized spacial score (nSPS) is 24.7. The smallest absolute Gasteiger partial charge is 0.388 e. The van der Waals surface area contributed by atoms with Crippen molar-refractivity contribution >= 4 is 34.8 Å². The third-order valence-electron chi connectivity index (χ3n) is 7.97. The lowest BCUT2D eigenvalue weighted by molar-refractivity contribution is -0.319. The van der Waals surface area contributed by atoms with Gasteiger partial charge in [0.05, 0.1) is 34.1 Å². The molecule has 0 bridgehead atoms. The molecular weight excluding hydrogens is 684 g/mol. The van der Waals surface area contributed by atoms with Crippen LogP contribution in [0.25, 0.3) is 16.9 Å². The second-order valence-corrected chi connectivity index (χ2v) is 12.3. The molecule has 1 unspecified atom stereocenters. The zero-order valence-electron chi connectivity index (χ0n) is 24.2. The van der Waals surface area contributed by atoms with Gasteiger partial charge in [-0.2, -0.15) is 18.3 Å². The van der Waals surface area contributed by atoms with Gasteiger partial charge in [0.25, 0.3) is 0 Å². The van der Waals surface area contributed by atoms with Crippen LogP contribution >= 0.6 is 34.8 Å². The molecule has 2 aromatic heterocycles. The quantitative estimate of drug-likeness (QED) is 0.209. The Hall–Kier alpha value is -3.56. The lowest BCUT2D eigenvalue weighted by atomic mass is 9.91. The molecule has 7 rings (SSSR count). The van der Waals surface area contributed by atoms with Crippen LogP contribution in [0.1, 0.15) is 41.2 Å². The topological polar surface area (TPSA) is 109 Å². The van der Waals surface area contributed by atoms with Crippen LogP contribution in [-0.2, 0) is 20.4 Å². The van der Waals surface area contributed by atoms with Crippen molar-refractivity contribution in [2.75, 3.05) is 6.61 Å². The van der Waals surface area contributed by atoms with E-state index in [2.05, 4.69) is 20.4 Å². The van der Waals surface area contributed by atoms with E-state index in [1.807, 2.05) is 30.3 Å². The molecule has 10 nitrogen and oxygen atoms in total. The average molecular weight is 708 g/mol. The van der Waals surface area contributed by atoms with E-state index in [9.17, 15) is 18.3 Å². The van der Waals surface area contributed by atoms with E-state index in [1.54, 1.807) is 24.4 Å². The first-order valence-corrected chi connectivity index (χ1v) is 15.4. The summed E-state index contributed by atoms with van der Waals surface area (Å²) in [5, 5.41) is 25.7. The maximum atomic E-state index is 14.1. The van der Waals surface area contributed by atoms with Crippen LogP contribution in [0.5, 0.6) is 0 Å². The molecule has 6 atom stereocenters. The van der Waals surface area contributed by atoms with Gasteiger partial charge in [-0.05, 0) is 37.3 Å². The Morgan fingerprint density at radius 3 is 2.49 bits per heavy atom. The lowest BCUT2D eigenvalue weighted by Gasteiger charge is -2.47. The molecule has 47 heavy (non-hydrogen) atoms. The van der Waals surface area contributed by atoms with Crippen LogP contribution < -0.4 is 0 Å². The van der Waals surface area contributed by atoms with E-state index < -0.39 is 48.5 Å². The fraction of sp³-hybridized carbons (Fsp3) is 0.290. The first kappa shape index (κ1) is 32.0. The van der Waals surface area contributed by atoms with E-state index in [0.717, 1.165) is 28.4 Å². The Balaban J connectivity index is 1.31. The molecular formula is C31H24Cl3F3N6O4. The third kappa shape index (κ3) is 6.13. The Kier molecular flexibility index (Phi) is 8.49. The van der Waals surface area contributed by atoms with E-state index in [-0.39, 0.29) is 29.0 Å².